The number of urea groups is 1. The minimum atomic E-state index is -4.20. The van der Waals surface area contributed by atoms with E-state index < -0.39 is 40.0 Å². The summed E-state index contributed by atoms with van der Waals surface area (Å²) in [5.41, 5.74) is 1.47. The van der Waals surface area contributed by atoms with Crippen molar-refractivity contribution in [3.63, 3.8) is 0 Å². The Balaban J connectivity index is 1.84. The van der Waals surface area contributed by atoms with E-state index in [0.717, 1.165) is 9.21 Å². The molecule has 2 N–H and O–H groups in total. The van der Waals surface area contributed by atoms with Gasteiger partial charge in [0, 0.05) is 20.2 Å². The van der Waals surface area contributed by atoms with E-state index in [-0.39, 0.29) is 37.6 Å². The van der Waals surface area contributed by atoms with E-state index in [4.69, 9.17) is 14.7 Å². The van der Waals surface area contributed by atoms with Gasteiger partial charge in [-0.3, -0.25) is 19.7 Å². The monoisotopic (exact) mass is 482 g/mol. The Labute approximate surface area is 191 Å². The molecule has 4 amide bonds. The molecular weight excluding hydrogens is 456 g/mol. The van der Waals surface area contributed by atoms with Gasteiger partial charge in [0.15, 0.2) is 0 Å². The van der Waals surface area contributed by atoms with E-state index in [1.165, 1.54) is 47.8 Å². The SMILES string of the molecule is C=CCN1CC(=O)N(C2C[C@H](C(=O)NO)N(S(=O)(=O)c3ccc(OCCOC)cc3)C2)C1=O. The zero-order valence-electron chi connectivity index (χ0n) is 18.0. The molecule has 1 aromatic rings. The first-order valence-corrected chi connectivity index (χ1v) is 11.6. The van der Waals surface area contributed by atoms with Gasteiger partial charge in [-0.1, -0.05) is 6.08 Å². The highest BCUT2D eigenvalue weighted by atomic mass is 32.2. The molecule has 2 saturated heterocycles. The van der Waals surface area contributed by atoms with E-state index in [1.807, 2.05) is 0 Å². The zero-order valence-corrected chi connectivity index (χ0v) is 18.9. The van der Waals surface area contributed by atoms with Gasteiger partial charge in [-0.15, -0.1) is 6.58 Å². The van der Waals surface area contributed by atoms with Crippen LogP contribution in [0.25, 0.3) is 0 Å². The minimum Gasteiger partial charge on any atom is -0.491 e. The molecule has 3 rings (SSSR count). The molecule has 0 radical (unpaired) electrons. The van der Waals surface area contributed by atoms with Gasteiger partial charge < -0.3 is 14.4 Å². The first-order valence-electron chi connectivity index (χ1n) is 10.1. The number of imide groups is 1. The molecule has 2 atom stereocenters. The predicted molar refractivity (Wildman–Crippen MR) is 114 cm³/mol. The smallest absolute Gasteiger partial charge is 0.327 e. The summed E-state index contributed by atoms with van der Waals surface area (Å²) < 4.78 is 37.9. The first-order chi connectivity index (χ1) is 15.7. The summed E-state index contributed by atoms with van der Waals surface area (Å²) in [4.78, 5) is 39.5. The molecule has 180 valence electrons. The number of methoxy groups -OCH3 is 1. The van der Waals surface area contributed by atoms with E-state index in [0.29, 0.717) is 12.4 Å². The Morgan fingerprint density at radius 3 is 2.58 bits per heavy atom. The van der Waals surface area contributed by atoms with Crippen LogP contribution in [0.2, 0.25) is 0 Å². The van der Waals surface area contributed by atoms with Crippen molar-refractivity contribution >= 4 is 27.9 Å². The van der Waals surface area contributed by atoms with E-state index in [2.05, 4.69) is 6.58 Å². The standard InChI is InChI=1S/C20H26N4O8S/c1-3-8-22-13-18(25)24(20(22)27)14-11-17(19(26)21-28)23(12-14)33(29,30)16-6-4-15(5-7-16)32-10-9-31-2/h3-7,14,17,28H,1,8-13H2,2H3,(H,21,26)/t14?,17-/m1/s1. The predicted octanol–water partition coefficient (Wildman–Crippen LogP) is -0.201. The molecule has 1 unspecified atom stereocenters. The minimum absolute atomic E-state index is 0.106. The third-order valence-corrected chi connectivity index (χ3v) is 7.31. The van der Waals surface area contributed by atoms with Crippen molar-refractivity contribution in [3.05, 3.63) is 36.9 Å². The fourth-order valence-electron chi connectivity index (χ4n) is 3.86. The molecule has 0 aromatic heterocycles. The number of carbonyl (C=O) groups excluding carboxylic acids is 3. The summed E-state index contributed by atoms with van der Waals surface area (Å²) >= 11 is 0. The Bertz CT molecular complexity index is 1010. The lowest BCUT2D eigenvalue weighted by Crippen LogP contribution is -2.45. The Hall–Kier alpha value is -3.00. The number of ether oxygens (including phenoxy) is 2. The summed E-state index contributed by atoms with van der Waals surface area (Å²) in [5.74, 6) is -1.01. The molecule has 33 heavy (non-hydrogen) atoms. The fraction of sp³-hybridized carbons (Fsp3) is 0.450. The summed E-state index contributed by atoms with van der Waals surface area (Å²) in [6.45, 7) is 3.92. The van der Waals surface area contributed by atoms with Crippen LogP contribution in [0.1, 0.15) is 6.42 Å². The summed E-state index contributed by atoms with van der Waals surface area (Å²) in [5, 5.41) is 9.14. The number of hydroxylamine groups is 1. The van der Waals surface area contributed by atoms with Crippen LogP contribution in [-0.4, -0.2) is 97.6 Å². The zero-order chi connectivity index (χ0) is 24.2. The molecule has 2 aliphatic rings. The van der Waals surface area contributed by atoms with Crippen LogP contribution >= 0.6 is 0 Å². The Morgan fingerprint density at radius 2 is 1.97 bits per heavy atom. The molecule has 1 aromatic carbocycles. The number of sulfonamides is 1. The molecular formula is C20H26N4O8S. The van der Waals surface area contributed by atoms with E-state index >= 15 is 0 Å². The molecule has 0 spiro atoms. The summed E-state index contributed by atoms with van der Waals surface area (Å²) in [6, 6.07) is 2.85. The number of rotatable bonds is 10. The van der Waals surface area contributed by atoms with Gasteiger partial charge in [0.25, 0.3) is 11.8 Å². The summed E-state index contributed by atoms with van der Waals surface area (Å²) in [6.07, 6.45) is 1.33. The molecule has 0 bridgehead atoms. The number of hydrogen-bond donors (Lipinski definition) is 2. The molecule has 2 fully saturated rings. The molecule has 0 saturated carbocycles. The lowest BCUT2D eigenvalue weighted by molar-refractivity contribution is -0.132. The van der Waals surface area contributed by atoms with Crippen molar-refractivity contribution < 1.29 is 37.5 Å². The van der Waals surface area contributed by atoms with E-state index in [1.54, 1.807) is 0 Å². The van der Waals surface area contributed by atoms with Crippen LogP contribution in [0, 0.1) is 0 Å². The second-order valence-corrected chi connectivity index (χ2v) is 9.37. The van der Waals surface area contributed by atoms with Crippen molar-refractivity contribution in [2.24, 2.45) is 0 Å². The molecule has 13 heteroatoms. The van der Waals surface area contributed by atoms with Crippen molar-refractivity contribution in [2.75, 3.05) is 40.0 Å². The van der Waals surface area contributed by atoms with Crippen LogP contribution < -0.4 is 10.2 Å². The van der Waals surface area contributed by atoms with Crippen molar-refractivity contribution in [1.29, 1.82) is 0 Å². The quantitative estimate of drug-likeness (QED) is 0.153. The molecule has 2 aliphatic heterocycles. The highest BCUT2D eigenvalue weighted by molar-refractivity contribution is 7.89. The van der Waals surface area contributed by atoms with Gasteiger partial charge in [0.05, 0.1) is 17.5 Å². The number of benzene rings is 1. The molecule has 0 aliphatic carbocycles. The lowest BCUT2D eigenvalue weighted by atomic mass is 10.1. The second kappa shape index (κ2) is 10.3. The van der Waals surface area contributed by atoms with Crippen molar-refractivity contribution in [1.82, 2.24) is 19.6 Å². The fourth-order valence-corrected chi connectivity index (χ4v) is 5.50. The Kier molecular flexibility index (Phi) is 7.68. The van der Waals surface area contributed by atoms with Gasteiger partial charge in [-0.2, -0.15) is 4.31 Å². The maximum absolute atomic E-state index is 13.3. The number of nitrogens with one attached hydrogen (secondary N) is 1. The number of nitrogens with zero attached hydrogens (tertiary/aromatic N) is 3. The third-order valence-electron chi connectivity index (χ3n) is 5.42. The molecule has 2 heterocycles. The third kappa shape index (κ3) is 5.00. The highest BCUT2D eigenvalue weighted by Gasteiger charge is 2.50. The van der Waals surface area contributed by atoms with Crippen LogP contribution in [0.4, 0.5) is 4.79 Å². The largest absolute Gasteiger partial charge is 0.491 e. The number of hydrogen-bond acceptors (Lipinski definition) is 8. The van der Waals surface area contributed by atoms with Crippen LogP contribution in [-0.2, 0) is 24.3 Å². The summed E-state index contributed by atoms with van der Waals surface area (Å²) in [7, 11) is -2.67. The van der Waals surface area contributed by atoms with Crippen molar-refractivity contribution in [3.8, 4) is 5.75 Å². The molecule has 12 nitrogen and oxygen atoms in total. The van der Waals surface area contributed by atoms with Crippen LogP contribution in [0.5, 0.6) is 5.75 Å². The van der Waals surface area contributed by atoms with Gasteiger partial charge >= 0.3 is 6.03 Å². The maximum Gasteiger partial charge on any atom is 0.327 e. The maximum atomic E-state index is 13.3. The van der Waals surface area contributed by atoms with Crippen LogP contribution in [0.15, 0.2) is 41.8 Å². The second-order valence-electron chi connectivity index (χ2n) is 7.48. The van der Waals surface area contributed by atoms with Crippen molar-refractivity contribution in [2.45, 2.75) is 23.4 Å². The van der Waals surface area contributed by atoms with E-state index in [9.17, 15) is 22.8 Å². The lowest BCUT2D eigenvalue weighted by Gasteiger charge is -2.23. The number of carbonyl (C=O) groups is 3. The Morgan fingerprint density at radius 1 is 1.27 bits per heavy atom. The highest BCUT2D eigenvalue weighted by Crippen LogP contribution is 2.31. The van der Waals surface area contributed by atoms with Gasteiger partial charge in [-0.25, -0.2) is 18.7 Å². The topological polar surface area (TPSA) is 146 Å². The van der Waals surface area contributed by atoms with Gasteiger partial charge in [0.2, 0.25) is 10.0 Å². The normalized spacial score (nSPS) is 21.5. The van der Waals surface area contributed by atoms with Gasteiger partial charge in [0.1, 0.15) is 24.9 Å². The van der Waals surface area contributed by atoms with Crippen LogP contribution in [0.3, 0.4) is 0 Å². The average Bonchev–Trinajstić information content (AvgIpc) is 3.35. The van der Waals surface area contributed by atoms with Gasteiger partial charge in [-0.05, 0) is 30.7 Å². The number of amides is 4. The first kappa shape index (κ1) is 24.6. The average molecular weight is 483 g/mol.